The molecule has 2 aromatic rings. The largest absolute Gasteiger partial charge is 0.344 e. The predicted octanol–water partition coefficient (Wildman–Crippen LogP) is 7.45. The zero-order valence-electron chi connectivity index (χ0n) is 18.5. The van der Waals surface area contributed by atoms with Crippen molar-refractivity contribution < 1.29 is 0 Å². The second-order valence-corrected chi connectivity index (χ2v) is 15.9. The predicted molar refractivity (Wildman–Crippen MR) is 142 cm³/mol. The first-order chi connectivity index (χ1) is 14.0. The second kappa shape index (κ2) is 9.88. The number of benzene rings is 2. The summed E-state index contributed by atoms with van der Waals surface area (Å²) >= 11 is 2.83. The molecule has 0 aromatic heterocycles. The third kappa shape index (κ3) is 4.54. The SMILES string of the molecule is CCN(CC)CCCS(I)(CC)C(C)=C1c2ccccc2N(C)c2ccccc21. The summed E-state index contributed by atoms with van der Waals surface area (Å²) in [6, 6.07) is 17.8. The summed E-state index contributed by atoms with van der Waals surface area (Å²) in [6.07, 6.45) is 1.28. The molecule has 0 radical (unpaired) electrons. The first-order valence-corrected chi connectivity index (χ1v) is 15.3. The highest BCUT2D eigenvalue weighted by Gasteiger charge is 2.30. The average Bonchev–Trinajstić information content (AvgIpc) is 2.76. The number of rotatable bonds is 8. The fourth-order valence-electron chi connectivity index (χ4n) is 4.36. The van der Waals surface area contributed by atoms with Crippen molar-refractivity contribution in [3.63, 3.8) is 0 Å². The lowest BCUT2D eigenvalue weighted by atomic mass is 9.90. The summed E-state index contributed by atoms with van der Waals surface area (Å²) in [6.45, 7) is 12.9. The van der Waals surface area contributed by atoms with Crippen molar-refractivity contribution in [1.82, 2.24) is 4.90 Å². The lowest BCUT2D eigenvalue weighted by molar-refractivity contribution is 0.305. The lowest BCUT2D eigenvalue weighted by Gasteiger charge is -2.39. The first kappa shape index (κ1) is 22.7. The molecule has 0 saturated heterocycles. The van der Waals surface area contributed by atoms with E-state index in [1.165, 1.54) is 52.5 Å². The molecule has 0 spiro atoms. The van der Waals surface area contributed by atoms with E-state index in [1.807, 2.05) is 0 Å². The Balaban J connectivity index is 2.05. The number of allylic oxidation sites excluding steroid dienone is 1. The Morgan fingerprint density at radius 3 is 1.93 bits per heavy atom. The van der Waals surface area contributed by atoms with E-state index >= 15 is 0 Å². The highest BCUT2D eigenvalue weighted by molar-refractivity contribution is 14.2. The van der Waals surface area contributed by atoms with Crippen LogP contribution in [0.3, 0.4) is 0 Å². The summed E-state index contributed by atoms with van der Waals surface area (Å²) in [4.78, 5) is 6.50. The molecule has 1 unspecified atom stereocenters. The Morgan fingerprint density at radius 2 is 1.45 bits per heavy atom. The van der Waals surface area contributed by atoms with Gasteiger partial charge in [-0.15, -0.1) is 0 Å². The van der Waals surface area contributed by atoms with Crippen LogP contribution in [-0.4, -0.2) is 43.1 Å². The van der Waals surface area contributed by atoms with Crippen molar-refractivity contribution in [2.24, 2.45) is 0 Å². The summed E-state index contributed by atoms with van der Waals surface area (Å²) in [5, 5.41) is 0. The van der Waals surface area contributed by atoms with E-state index in [9.17, 15) is 0 Å². The van der Waals surface area contributed by atoms with Gasteiger partial charge in [-0.3, -0.25) is 0 Å². The van der Waals surface area contributed by atoms with Gasteiger partial charge in [-0.2, -0.15) is 7.20 Å². The van der Waals surface area contributed by atoms with Crippen LogP contribution >= 0.6 is 28.4 Å². The Kier molecular flexibility index (Phi) is 7.74. The highest BCUT2D eigenvalue weighted by atomic mass is 127. The molecule has 0 fully saturated rings. The van der Waals surface area contributed by atoms with Gasteiger partial charge in [-0.1, -0.05) is 57.2 Å². The Morgan fingerprint density at radius 1 is 0.931 bits per heavy atom. The highest BCUT2D eigenvalue weighted by Crippen LogP contribution is 2.66. The van der Waals surface area contributed by atoms with Crippen molar-refractivity contribution in [2.45, 2.75) is 34.1 Å². The smallest absolute Gasteiger partial charge is 0.0488 e. The molecule has 0 aliphatic carbocycles. The summed E-state index contributed by atoms with van der Waals surface area (Å²) < 4.78 is 0. The van der Waals surface area contributed by atoms with E-state index in [0.29, 0.717) is 0 Å². The van der Waals surface area contributed by atoms with Gasteiger partial charge >= 0.3 is 0 Å². The summed E-state index contributed by atoms with van der Waals surface area (Å²) in [5.74, 6) is 2.54. The van der Waals surface area contributed by atoms with Gasteiger partial charge in [0.05, 0.1) is 0 Å². The van der Waals surface area contributed by atoms with Crippen LogP contribution < -0.4 is 4.90 Å². The van der Waals surface area contributed by atoms with Gasteiger partial charge in [0, 0.05) is 35.1 Å². The summed E-state index contributed by atoms with van der Waals surface area (Å²) in [5.41, 5.74) is 6.88. The van der Waals surface area contributed by atoms with Crippen LogP contribution in [0.1, 0.15) is 45.2 Å². The minimum Gasteiger partial charge on any atom is -0.344 e. The molecule has 4 heteroatoms. The number of hydrogen-bond acceptors (Lipinski definition) is 2. The quantitative estimate of drug-likeness (QED) is 0.332. The van der Waals surface area contributed by atoms with Gasteiger partial charge in [0.2, 0.25) is 0 Å². The standard InChI is InChI=1S/C25H35IN2S/c1-6-28(7-2)18-13-19-29(26,8-3)20(4)25-21-14-9-11-16-23(21)27(5)24-17-12-10-15-22(24)25/h9-12,14-17H,6-8,13,18-19H2,1-5H3. The minimum absolute atomic E-state index is 0.866. The Labute approximate surface area is 191 Å². The van der Waals surface area contributed by atoms with Gasteiger partial charge < -0.3 is 9.80 Å². The number of halogens is 1. The van der Waals surface area contributed by atoms with E-state index in [0.717, 1.165) is 13.1 Å². The van der Waals surface area contributed by atoms with Gasteiger partial charge in [0.1, 0.15) is 0 Å². The fraction of sp³-hybridized carbons (Fsp3) is 0.440. The molecular formula is C25H35IN2S. The molecule has 3 rings (SSSR count). The Bertz CT molecular complexity index is 825. The minimum atomic E-state index is -0.866. The lowest BCUT2D eigenvalue weighted by Crippen LogP contribution is -2.25. The van der Waals surface area contributed by atoms with E-state index < -0.39 is 7.20 Å². The number of fused-ring (bicyclic) bond motifs is 2. The maximum Gasteiger partial charge on any atom is 0.0488 e. The second-order valence-electron chi connectivity index (χ2n) is 7.69. The molecule has 1 aliphatic heterocycles. The number of hydrogen-bond donors (Lipinski definition) is 0. The van der Waals surface area contributed by atoms with Crippen LogP contribution in [0.4, 0.5) is 11.4 Å². The van der Waals surface area contributed by atoms with Crippen LogP contribution in [0.15, 0.2) is 53.4 Å². The normalized spacial score (nSPS) is 16.2. The number of para-hydroxylation sites is 2. The van der Waals surface area contributed by atoms with Crippen molar-refractivity contribution >= 4 is 45.4 Å². The molecule has 1 heterocycles. The zero-order valence-corrected chi connectivity index (χ0v) is 21.5. The maximum atomic E-state index is 2.83. The average molecular weight is 523 g/mol. The molecule has 0 saturated carbocycles. The molecule has 0 N–H and O–H groups in total. The molecule has 0 amide bonds. The number of anilines is 2. The maximum absolute atomic E-state index is 2.83. The van der Waals surface area contributed by atoms with Gasteiger partial charge in [0.15, 0.2) is 0 Å². The molecule has 1 atom stereocenters. The third-order valence-corrected chi connectivity index (χ3v) is 14.6. The van der Waals surface area contributed by atoms with Gasteiger partial charge in [0.25, 0.3) is 0 Å². The van der Waals surface area contributed by atoms with Crippen LogP contribution in [0.5, 0.6) is 0 Å². The molecule has 0 bridgehead atoms. The van der Waals surface area contributed by atoms with Crippen molar-refractivity contribution in [2.75, 3.05) is 43.1 Å². The monoisotopic (exact) mass is 522 g/mol. The molecule has 2 aromatic carbocycles. The molecule has 29 heavy (non-hydrogen) atoms. The van der Waals surface area contributed by atoms with E-state index in [2.05, 4.69) is 114 Å². The van der Waals surface area contributed by atoms with E-state index in [4.69, 9.17) is 0 Å². The molecule has 2 nitrogen and oxygen atoms in total. The first-order valence-electron chi connectivity index (χ1n) is 10.8. The molecule has 1 aliphatic rings. The van der Waals surface area contributed by atoms with E-state index in [-0.39, 0.29) is 0 Å². The van der Waals surface area contributed by atoms with Crippen molar-refractivity contribution in [1.29, 1.82) is 0 Å². The van der Waals surface area contributed by atoms with Crippen molar-refractivity contribution in [3.8, 4) is 0 Å². The fourth-order valence-corrected chi connectivity index (χ4v) is 8.16. The van der Waals surface area contributed by atoms with Crippen LogP contribution in [-0.2, 0) is 0 Å². The van der Waals surface area contributed by atoms with Crippen LogP contribution in [0.2, 0.25) is 0 Å². The molecule has 158 valence electrons. The van der Waals surface area contributed by atoms with E-state index in [1.54, 1.807) is 4.91 Å². The van der Waals surface area contributed by atoms with Gasteiger partial charge in [-0.05, 0) is 82.7 Å². The topological polar surface area (TPSA) is 6.48 Å². The van der Waals surface area contributed by atoms with Crippen molar-refractivity contribution in [3.05, 3.63) is 64.6 Å². The van der Waals surface area contributed by atoms with Crippen LogP contribution in [0, 0.1) is 0 Å². The van der Waals surface area contributed by atoms with Gasteiger partial charge in [-0.25, -0.2) is 0 Å². The summed E-state index contributed by atoms with van der Waals surface area (Å²) in [7, 11) is 1.33. The zero-order chi connectivity index (χ0) is 21.0. The Hall–Kier alpha value is -0.980. The van der Waals surface area contributed by atoms with Crippen LogP contribution in [0.25, 0.3) is 5.57 Å². The number of nitrogens with zero attached hydrogens (tertiary/aromatic N) is 2. The molecular weight excluding hydrogens is 487 g/mol. The third-order valence-electron chi connectivity index (χ3n) is 6.26.